The highest BCUT2D eigenvalue weighted by atomic mass is 32.1. The maximum Gasteiger partial charge on any atom is 0.186 e. The summed E-state index contributed by atoms with van der Waals surface area (Å²) in [5.74, 6) is 0. The Bertz CT molecular complexity index is 528. The van der Waals surface area contributed by atoms with Gasteiger partial charge in [0.1, 0.15) is 0 Å². The second-order valence-electron chi connectivity index (χ2n) is 4.60. The average Bonchev–Trinajstić information content (AvgIpc) is 2.68. The van der Waals surface area contributed by atoms with Gasteiger partial charge in [0, 0.05) is 17.6 Å². The Kier molecular flexibility index (Phi) is 3.57. The van der Waals surface area contributed by atoms with Crippen molar-refractivity contribution in [2.75, 3.05) is 17.7 Å². The maximum atomic E-state index is 5.83. The average molecular weight is 261 g/mol. The van der Waals surface area contributed by atoms with Crippen molar-refractivity contribution in [3.05, 3.63) is 40.4 Å². The lowest BCUT2D eigenvalue weighted by Gasteiger charge is -2.24. The predicted octanol–water partition coefficient (Wildman–Crippen LogP) is 3.54. The minimum atomic E-state index is 0.262. The van der Waals surface area contributed by atoms with E-state index in [1.807, 2.05) is 25.1 Å². The highest BCUT2D eigenvalue weighted by molar-refractivity contribution is 7.15. The monoisotopic (exact) mass is 261 g/mol. The first kappa shape index (κ1) is 12.9. The number of nitrogens with two attached hydrogens (primary N) is 1. The van der Waals surface area contributed by atoms with Crippen LogP contribution in [-0.2, 0) is 0 Å². The Morgan fingerprint density at radius 1 is 1.33 bits per heavy atom. The lowest BCUT2D eigenvalue weighted by molar-refractivity contribution is 0.736. The minimum absolute atomic E-state index is 0.262. The van der Waals surface area contributed by atoms with E-state index in [1.54, 1.807) is 11.3 Å². The number of benzene rings is 1. The van der Waals surface area contributed by atoms with E-state index in [4.69, 9.17) is 5.73 Å². The van der Waals surface area contributed by atoms with Gasteiger partial charge in [0.05, 0.1) is 11.7 Å². The molecule has 2 aromatic rings. The third-order valence-corrected chi connectivity index (χ3v) is 4.46. The Labute approximate surface area is 112 Å². The largest absolute Gasteiger partial charge is 0.399 e. The molecule has 1 atom stereocenters. The molecular formula is C14H19N3S. The number of nitrogen functional groups attached to an aromatic ring is 1. The fraction of sp³-hybridized carbons (Fsp3) is 0.357. The van der Waals surface area contributed by atoms with E-state index in [2.05, 4.69) is 36.8 Å². The van der Waals surface area contributed by atoms with Gasteiger partial charge in [0.25, 0.3) is 0 Å². The molecule has 4 heteroatoms. The highest BCUT2D eigenvalue weighted by Crippen LogP contribution is 2.30. The van der Waals surface area contributed by atoms with Crippen LogP contribution in [0.4, 0.5) is 10.8 Å². The first-order valence-electron chi connectivity index (χ1n) is 6.01. The summed E-state index contributed by atoms with van der Waals surface area (Å²) in [5.41, 5.74) is 8.96. The quantitative estimate of drug-likeness (QED) is 0.859. The van der Waals surface area contributed by atoms with Crippen molar-refractivity contribution in [3.63, 3.8) is 0 Å². The molecule has 0 saturated heterocycles. The second kappa shape index (κ2) is 4.98. The molecule has 1 aromatic carbocycles. The van der Waals surface area contributed by atoms with E-state index in [0.29, 0.717) is 0 Å². The summed E-state index contributed by atoms with van der Waals surface area (Å²) in [7, 11) is 2.07. The van der Waals surface area contributed by atoms with Crippen LogP contribution in [0.3, 0.4) is 0 Å². The molecule has 0 aliphatic carbocycles. The van der Waals surface area contributed by atoms with Crippen LogP contribution >= 0.6 is 11.3 Å². The number of aromatic nitrogens is 1. The molecule has 0 spiro atoms. The zero-order chi connectivity index (χ0) is 13.3. The van der Waals surface area contributed by atoms with Gasteiger partial charge in [-0.2, -0.15) is 0 Å². The van der Waals surface area contributed by atoms with E-state index < -0.39 is 0 Å². The third-order valence-electron chi connectivity index (χ3n) is 3.29. The summed E-state index contributed by atoms with van der Waals surface area (Å²) in [5, 5.41) is 1.06. The van der Waals surface area contributed by atoms with Gasteiger partial charge in [-0.05, 0) is 38.5 Å². The summed E-state index contributed by atoms with van der Waals surface area (Å²) in [4.78, 5) is 8.06. The normalized spacial score (nSPS) is 12.4. The van der Waals surface area contributed by atoms with Crippen molar-refractivity contribution in [1.82, 2.24) is 4.98 Å². The van der Waals surface area contributed by atoms with Gasteiger partial charge < -0.3 is 10.6 Å². The van der Waals surface area contributed by atoms with E-state index in [0.717, 1.165) is 16.5 Å². The molecule has 2 N–H and O–H groups in total. The fourth-order valence-electron chi connectivity index (χ4n) is 1.81. The SMILES string of the molecule is Cc1nc(N(C)C(C)c2cccc(N)c2)sc1C. The topological polar surface area (TPSA) is 42.2 Å². The first-order valence-corrected chi connectivity index (χ1v) is 6.83. The molecule has 0 aliphatic heterocycles. The Morgan fingerprint density at radius 2 is 2.06 bits per heavy atom. The van der Waals surface area contributed by atoms with Gasteiger partial charge in [-0.3, -0.25) is 0 Å². The minimum Gasteiger partial charge on any atom is -0.399 e. The zero-order valence-corrected chi connectivity index (χ0v) is 12.1. The molecule has 0 aliphatic rings. The van der Waals surface area contributed by atoms with Gasteiger partial charge >= 0.3 is 0 Å². The van der Waals surface area contributed by atoms with Crippen LogP contribution in [0, 0.1) is 13.8 Å². The second-order valence-corrected chi connectivity index (χ2v) is 5.78. The van der Waals surface area contributed by atoms with Crippen molar-refractivity contribution < 1.29 is 0 Å². The molecule has 0 amide bonds. The molecule has 0 radical (unpaired) electrons. The molecule has 2 rings (SSSR count). The summed E-state index contributed by atoms with van der Waals surface area (Å²) < 4.78 is 0. The molecule has 0 fully saturated rings. The van der Waals surface area contributed by atoms with Crippen LogP contribution in [0.15, 0.2) is 24.3 Å². The van der Waals surface area contributed by atoms with Crippen molar-refractivity contribution in [2.45, 2.75) is 26.8 Å². The Morgan fingerprint density at radius 3 is 2.61 bits per heavy atom. The Balaban J connectivity index is 2.25. The van der Waals surface area contributed by atoms with Crippen molar-refractivity contribution in [3.8, 4) is 0 Å². The Hall–Kier alpha value is -1.55. The number of hydrogen-bond acceptors (Lipinski definition) is 4. The van der Waals surface area contributed by atoms with Crippen LogP contribution in [0.5, 0.6) is 0 Å². The van der Waals surface area contributed by atoms with Gasteiger partial charge in [-0.25, -0.2) is 4.98 Å². The molecule has 1 heterocycles. The van der Waals surface area contributed by atoms with E-state index in [1.165, 1.54) is 10.4 Å². The standard InChI is InChI=1S/C14H19N3S/c1-9-11(3)18-14(16-9)17(4)10(2)12-6-5-7-13(15)8-12/h5-8,10H,15H2,1-4H3. The molecule has 3 nitrogen and oxygen atoms in total. The van der Waals surface area contributed by atoms with Gasteiger partial charge in [-0.1, -0.05) is 12.1 Å². The van der Waals surface area contributed by atoms with Crippen molar-refractivity contribution in [1.29, 1.82) is 0 Å². The zero-order valence-electron chi connectivity index (χ0n) is 11.3. The number of thiazole rings is 1. The van der Waals surface area contributed by atoms with Crippen molar-refractivity contribution >= 4 is 22.2 Å². The molecule has 0 bridgehead atoms. The first-order chi connectivity index (χ1) is 8.49. The summed E-state index contributed by atoms with van der Waals surface area (Å²) in [6.45, 7) is 6.32. The summed E-state index contributed by atoms with van der Waals surface area (Å²) in [6, 6.07) is 8.29. The molecule has 1 aromatic heterocycles. The number of rotatable bonds is 3. The van der Waals surface area contributed by atoms with E-state index in [9.17, 15) is 0 Å². The van der Waals surface area contributed by atoms with Crippen LogP contribution in [0.1, 0.15) is 29.1 Å². The lowest BCUT2D eigenvalue weighted by Crippen LogP contribution is -2.21. The van der Waals surface area contributed by atoms with Crippen LogP contribution < -0.4 is 10.6 Å². The molecule has 1 unspecified atom stereocenters. The van der Waals surface area contributed by atoms with Gasteiger partial charge in [-0.15, -0.1) is 11.3 Å². The molecule has 18 heavy (non-hydrogen) atoms. The van der Waals surface area contributed by atoms with Crippen LogP contribution in [0.25, 0.3) is 0 Å². The molecular weight excluding hydrogens is 242 g/mol. The number of anilines is 2. The fourth-order valence-corrected chi connectivity index (χ4v) is 2.77. The van der Waals surface area contributed by atoms with Gasteiger partial charge in [0.15, 0.2) is 5.13 Å². The van der Waals surface area contributed by atoms with E-state index in [-0.39, 0.29) is 6.04 Å². The van der Waals surface area contributed by atoms with Crippen LogP contribution in [0.2, 0.25) is 0 Å². The number of nitrogens with zero attached hydrogens (tertiary/aromatic N) is 2. The molecule has 0 saturated carbocycles. The smallest absolute Gasteiger partial charge is 0.186 e. The van der Waals surface area contributed by atoms with Crippen LogP contribution in [-0.4, -0.2) is 12.0 Å². The number of hydrogen-bond donors (Lipinski definition) is 1. The third kappa shape index (κ3) is 2.48. The maximum absolute atomic E-state index is 5.83. The molecule has 96 valence electrons. The summed E-state index contributed by atoms with van der Waals surface area (Å²) >= 11 is 1.73. The van der Waals surface area contributed by atoms with E-state index >= 15 is 0 Å². The highest BCUT2D eigenvalue weighted by Gasteiger charge is 2.16. The number of aryl methyl sites for hydroxylation is 2. The lowest BCUT2D eigenvalue weighted by atomic mass is 10.1. The van der Waals surface area contributed by atoms with Gasteiger partial charge in [0.2, 0.25) is 0 Å². The van der Waals surface area contributed by atoms with Crippen molar-refractivity contribution in [2.24, 2.45) is 0 Å². The summed E-state index contributed by atoms with van der Waals surface area (Å²) in [6.07, 6.45) is 0. The predicted molar refractivity (Wildman–Crippen MR) is 79.3 cm³/mol.